The minimum Gasteiger partial charge on any atom is -0.359 e. The van der Waals surface area contributed by atoms with Crippen molar-refractivity contribution in [1.82, 2.24) is 20.1 Å². The average molecular weight is 340 g/mol. The molecule has 0 spiro atoms. The third kappa shape index (κ3) is 4.14. The Kier molecular flexibility index (Phi) is 5.28. The van der Waals surface area contributed by atoms with Crippen molar-refractivity contribution in [3.05, 3.63) is 42.1 Å². The molecule has 1 fully saturated rings. The Labute approximate surface area is 147 Å². The average Bonchev–Trinajstić information content (AvgIpc) is 2.84. The van der Waals surface area contributed by atoms with E-state index in [1.165, 1.54) is 5.56 Å². The molecule has 6 heteroatoms. The Morgan fingerprint density at radius 1 is 1.24 bits per heavy atom. The van der Waals surface area contributed by atoms with Crippen molar-refractivity contribution in [2.24, 2.45) is 5.92 Å². The van der Waals surface area contributed by atoms with Crippen LogP contribution in [-0.2, 0) is 16.1 Å². The lowest BCUT2D eigenvalue weighted by Gasteiger charge is -2.23. The number of amides is 2. The van der Waals surface area contributed by atoms with E-state index in [1.54, 1.807) is 25.1 Å². The molecule has 3 rings (SSSR count). The number of nitrogens with one attached hydrogen (secondary N) is 1. The van der Waals surface area contributed by atoms with Gasteiger partial charge in [-0.3, -0.25) is 19.5 Å². The van der Waals surface area contributed by atoms with Gasteiger partial charge in [-0.05, 0) is 23.8 Å². The maximum Gasteiger partial charge on any atom is 0.225 e. The fourth-order valence-electron chi connectivity index (χ4n) is 3.36. The summed E-state index contributed by atoms with van der Waals surface area (Å²) in [5.74, 6) is -0.202. The van der Waals surface area contributed by atoms with Crippen LogP contribution in [0.1, 0.15) is 12.5 Å². The van der Waals surface area contributed by atoms with Crippen LogP contribution in [0.3, 0.4) is 0 Å². The molecular formula is C19H24N4O2. The molecule has 0 aliphatic carbocycles. The van der Waals surface area contributed by atoms with Gasteiger partial charge in [0.25, 0.3) is 0 Å². The molecular weight excluding hydrogens is 316 g/mol. The van der Waals surface area contributed by atoms with Gasteiger partial charge in [-0.1, -0.05) is 12.1 Å². The molecule has 2 heterocycles. The van der Waals surface area contributed by atoms with Crippen LogP contribution in [0.25, 0.3) is 10.9 Å². The summed E-state index contributed by atoms with van der Waals surface area (Å²) in [6.45, 7) is 4.86. The molecule has 1 aliphatic rings. The van der Waals surface area contributed by atoms with Gasteiger partial charge in [0.1, 0.15) is 0 Å². The van der Waals surface area contributed by atoms with Gasteiger partial charge in [0.05, 0.1) is 11.4 Å². The Morgan fingerprint density at radius 2 is 2.08 bits per heavy atom. The first kappa shape index (κ1) is 17.4. The summed E-state index contributed by atoms with van der Waals surface area (Å²) in [4.78, 5) is 32.3. The number of benzene rings is 1. The van der Waals surface area contributed by atoms with Gasteiger partial charge in [-0.25, -0.2) is 0 Å². The molecule has 1 saturated heterocycles. The largest absolute Gasteiger partial charge is 0.359 e. The van der Waals surface area contributed by atoms with Crippen LogP contribution in [0.4, 0.5) is 0 Å². The van der Waals surface area contributed by atoms with Crippen molar-refractivity contribution < 1.29 is 9.59 Å². The minimum absolute atomic E-state index is 0.0131. The highest BCUT2D eigenvalue weighted by Crippen LogP contribution is 2.17. The number of aromatic nitrogens is 1. The topological polar surface area (TPSA) is 65.5 Å². The van der Waals surface area contributed by atoms with E-state index in [2.05, 4.69) is 33.4 Å². The molecule has 6 nitrogen and oxygen atoms in total. The lowest BCUT2D eigenvalue weighted by molar-refractivity contribution is -0.130. The highest BCUT2D eigenvalue weighted by Gasteiger charge is 2.28. The fraction of sp³-hybridized carbons (Fsp3) is 0.421. The summed E-state index contributed by atoms with van der Waals surface area (Å²) in [6, 6.07) is 10.2. The van der Waals surface area contributed by atoms with Crippen LogP contribution in [-0.4, -0.2) is 59.8 Å². The molecule has 2 amide bonds. The maximum atomic E-state index is 12.2. The molecule has 0 bridgehead atoms. The van der Waals surface area contributed by atoms with Crippen molar-refractivity contribution in [2.45, 2.75) is 13.5 Å². The van der Waals surface area contributed by atoms with Crippen molar-refractivity contribution >= 4 is 22.7 Å². The summed E-state index contributed by atoms with van der Waals surface area (Å²) in [7, 11) is 1.64. The first-order valence-corrected chi connectivity index (χ1v) is 8.60. The first-order valence-electron chi connectivity index (χ1n) is 8.60. The van der Waals surface area contributed by atoms with Crippen LogP contribution < -0.4 is 5.32 Å². The maximum absolute atomic E-state index is 12.2. The second-order valence-electron chi connectivity index (χ2n) is 6.54. The highest BCUT2D eigenvalue weighted by molar-refractivity contribution is 5.80. The second kappa shape index (κ2) is 7.61. The SMILES string of the molecule is CNC(=O)[C@H]1CN(Cc2ccc3ncccc3c2)CCN(C(C)=O)C1. The molecule has 1 atom stereocenters. The molecule has 1 aliphatic heterocycles. The summed E-state index contributed by atoms with van der Waals surface area (Å²) >= 11 is 0. The van der Waals surface area contributed by atoms with Crippen molar-refractivity contribution in [2.75, 3.05) is 33.2 Å². The zero-order valence-electron chi connectivity index (χ0n) is 14.7. The molecule has 0 saturated carbocycles. The molecule has 0 radical (unpaired) electrons. The lowest BCUT2D eigenvalue weighted by atomic mass is 10.1. The predicted octanol–water partition coefficient (Wildman–Crippen LogP) is 1.26. The first-order chi connectivity index (χ1) is 12.1. The van der Waals surface area contributed by atoms with Gasteiger partial charge in [-0.2, -0.15) is 0 Å². The van der Waals surface area contributed by atoms with Crippen molar-refractivity contribution in [1.29, 1.82) is 0 Å². The number of rotatable bonds is 3. The molecule has 1 aromatic carbocycles. The summed E-state index contributed by atoms with van der Waals surface area (Å²) < 4.78 is 0. The van der Waals surface area contributed by atoms with Crippen molar-refractivity contribution in [3.63, 3.8) is 0 Å². The van der Waals surface area contributed by atoms with Crippen LogP contribution in [0.15, 0.2) is 36.5 Å². The van der Waals surface area contributed by atoms with Gasteiger partial charge < -0.3 is 10.2 Å². The Morgan fingerprint density at radius 3 is 2.84 bits per heavy atom. The van der Waals surface area contributed by atoms with E-state index in [4.69, 9.17) is 0 Å². The van der Waals surface area contributed by atoms with E-state index in [-0.39, 0.29) is 17.7 Å². The third-order valence-electron chi connectivity index (χ3n) is 4.74. The molecule has 0 unspecified atom stereocenters. The quantitative estimate of drug-likeness (QED) is 0.914. The predicted molar refractivity (Wildman–Crippen MR) is 96.8 cm³/mol. The van der Waals surface area contributed by atoms with Gasteiger partial charge >= 0.3 is 0 Å². The summed E-state index contributed by atoms with van der Waals surface area (Å²) in [6.07, 6.45) is 1.79. The number of hydrogen-bond donors (Lipinski definition) is 1. The van der Waals surface area contributed by atoms with E-state index in [9.17, 15) is 9.59 Å². The number of nitrogens with zero attached hydrogens (tertiary/aromatic N) is 3. The number of fused-ring (bicyclic) bond motifs is 1. The van der Waals surface area contributed by atoms with Gasteiger partial charge in [0, 0.05) is 58.3 Å². The van der Waals surface area contributed by atoms with E-state index in [0.717, 1.165) is 24.0 Å². The number of pyridine rings is 1. The van der Waals surface area contributed by atoms with Crippen molar-refractivity contribution in [3.8, 4) is 0 Å². The van der Waals surface area contributed by atoms with Crippen LogP contribution in [0, 0.1) is 5.92 Å². The number of carbonyl (C=O) groups excluding carboxylic acids is 2. The van der Waals surface area contributed by atoms with Crippen LogP contribution in [0.5, 0.6) is 0 Å². The normalized spacial score (nSPS) is 18.8. The standard InChI is InChI=1S/C19H24N4O2/c1-14(24)23-9-8-22(12-17(13-23)19(25)20-2)11-15-5-6-18-16(10-15)4-3-7-21-18/h3-7,10,17H,8-9,11-13H2,1-2H3,(H,20,25)/t17-/m0/s1. The zero-order valence-corrected chi connectivity index (χ0v) is 14.7. The Bertz CT molecular complexity index is 777. The molecule has 1 N–H and O–H groups in total. The van der Waals surface area contributed by atoms with E-state index >= 15 is 0 Å². The molecule has 1 aromatic heterocycles. The molecule has 2 aromatic rings. The number of carbonyl (C=O) groups is 2. The smallest absolute Gasteiger partial charge is 0.225 e. The zero-order chi connectivity index (χ0) is 17.8. The Balaban J connectivity index is 1.77. The van der Waals surface area contributed by atoms with E-state index < -0.39 is 0 Å². The lowest BCUT2D eigenvalue weighted by Crippen LogP contribution is -2.40. The minimum atomic E-state index is -0.210. The monoisotopic (exact) mass is 340 g/mol. The summed E-state index contributed by atoms with van der Waals surface area (Å²) in [5, 5.41) is 3.83. The second-order valence-corrected chi connectivity index (χ2v) is 6.54. The van der Waals surface area contributed by atoms with Gasteiger partial charge in [-0.15, -0.1) is 0 Å². The fourth-order valence-corrected chi connectivity index (χ4v) is 3.36. The van der Waals surface area contributed by atoms with Gasteiger partial charge in [0.15, 0.2) is 0 Å². The van der Waals surface area contributed by atoms with E-state index in [0.29, 0.717) is 19.6 Å². The highest BCUT2D eigenvalue weighted by atomic mass is 16.2. The van der Waals surface area contributed by atoms with Crippen LogP contribution >= 0.6 is 0 Å². The molecule has 132 valence electrons. The molecule has 25 heavy (non-hydrogen) atoms. The third-order valence-corrected chi connectivity index (χ3v) is 4.74. The Hall–Kier alpha value is -2.47. The summed E-state index contributed by atoms with van der Waals surface area (Å²) in [5.41, 5.74) is 2.17. The number of hydrogen-bond acceptors (Lipinski definition) is 4. The van der Waals surface area contributed by atoms with Crippen LogP contribution in [0.2, 0.25) is 0 Å². The van der Waals surface area contributed by atoms with Gasteiger partial charge in [0.2, 0.25) is 11.8 Å². The van der Waals surface area contributed by atoms with E-state index in [1.807, 2.05) is 12.1 Å².